The van der Waals surface area contributed by atoms with Gasteiger partial charge in [-0.05, 0) is 44.0 Å². The van der Waals surface area contributed by atoms with Crippen molar-refractivity contribution in [3.63, 3.8) is 0 Å². The Hall–Kier alpha value is -1.55. The van der Waals surface area contributed by atoms with E-state index in [1.807, 2.05) is 24.3 Å². The maximum absolute atomic E-state index is 11.9. The molecule has 0 heterocycles. The van der Waals surface area contributed by atoms with Crippen LogP contribution in [-0.2, 0) is 4.79 Å². The normalized spacial score (nSPS) is 13.8. The van der Waals surface area contributed by atoms with Gasteiger partial charge in [0.15, 0.2) is 6.10 Å². The molecule has 0 saturated carbocycles. The molecule has 0 aromatic heterocycles. The molecule has 1 aromatic rings. The number of benzene rings is 1. The number of amides is 1. The lowest BCUT2D eigenvalue weighted by Gasteiger charge is -2.17. The van der Waals surface area contributed by atoms with Crippen LogP contribution in [0, 0.1) is 5.92 Å². The van der Waals surface area contributed by atoms with Crippen LogP contribution in [0.1, 0.15) is 46.2 Å². The van der Waals surface area contributed by atoms with E-state index in [2.05, 4.69) is 38.3 Å². The van der Waals surface area contributed by atoms with E-state index in [0.717, 1.165) is 12.3 Å². The SMILES string of the molecule is CCNC(C)c1ccc(OC(C)C(=O)NCC(C)C)cc1. The highest BCUT2D eigenvalue weighted by Crippen LogP contribution is 2.18. The highest BCUT2D eigenvalue weighted by Gasteiger charge is 2.14. The van der Waals surface area contributed by atoms with Crippen molar-refractivity contribution in [2.24, 2.45) is 5.92 Å². The largest absolute Gasteiger partial charge is 0.481 e. The Labute approximate surface area is 128 Å². The molecule has 0 aliphatic rings. The zero-order valence-electron chi connectivity index (χ0n) is 13.8. The van der Waals surface area contributed by atoms with Crippen molar-refractivity contribution in [2.75, 3.05) is 13.1 Å². The maximum Gasteiger partial charge on any atom is 0.260 e. The molecule has 1 amide bonds. The van der Waals surface area contributed by atoms with Crippen LogP contribution in [0.15, 0.2) is 24.3 Å². The van der Waals surface area contributed by atoms with Gasteiger partial charge < -0.3 is 15.4 Å². The summed E-state index contributed by atoms with van der Waals surface area (Å²) in [6.45, 7) is 11.7. The van der Waals surface area contributed by atoms with E-state index < -0.39 is 6.10 Å². The second-order valence-electron chi connectivity index (χ2n) is 5.75. The van der Waals surface area contributed by atoms with Gasteiger partial charge in [0, 0.05) is 12.6 Å². The van der Waals surface area contributed by atoms with Crippen molar-refractivity contribution < 1.29 is 9.53 Å². The standard InChI is InChI=1S/C17H28N2O2/c1-6-18-13(4)15-7-9-16(10-8-15)21-14(5)17(20)19-11-12(2)3/h7-10,12-14,18H,6,11H2,1-5H3,(H,19,20). The third kappa shape index (κ3) is 6.17. The predicted octanol–water partition coefficient (Wildman–Crippen LogP) is 2.90. The van der Waals surface area contributed by atoms with Crippen molar-refractivity contribution in [1.82, 2.24) is 10.6 Å². The Morgan fingerprint density at radius 3 is 2.29 bits per heavy atom. The average molecular weight is 292 g/mol. The molecule has 118 valence electrons. The molecule has 2 N–H and O–H groups in total. The minimum atomic E-state index is -0.485. The van der Waals surface area contributed by atoms with Gasteiger partial charge in [-0.1, -0.05) is 32.9 Å². The molecule has 4 heteroatoms. The highest BCUT2D eigenvalue weighted by atomic mass is 16.5. The summed E-state index contributed by atoms with van der Waals surface area (Å²) in [4.78, 5) is 11.9. The average Bonchev–Trinajstić information content (AvgIpc) is 2.45. The number of rotatable bonds is 8. The molecule has 0 bridgehead atoms. The summed E-state index contributed by atoms with van der Waals surface area (Å²) >= 11 is 0. The first-order valence-corrected chi connectivity index (χ1v) is 7.71. The van der Waals surface area contributed by atoms with Gasteiger partial charge >= 0.3 is 0 Å². The number of ether oxygens (including phenoxy) is 1. The third-order valence-corrected chi connectivity index (χ3v) is 3.26. The van der Waals surface area contributed by atoms with Gasteiger partial charge in [0.25, 0.3) is 5.91 Å². The fraction of sp³-hybridized carbons (Fsp3) is 0.588. The summed E-state index contributed by atoms with van der Waals surface area (Å²) in [6, 6.07) is 8.20. The Balaban J connectivity index is 2.53. The number of nitrogens with one attached hydrogen (secondary N) is 2. The second-order valence-corrected chi connectivity index (χ2v) is 5.75. The first kappa shape index (κ1) is 17.5. The van der Waals surface area contributed by atoms with E-state index in [-0.39, 0.29) is 5.91 Å². The smallest absolute Gasteiger partial charge is 0.260 e. The summed E-state index contributed by atoms with van der Waals surface area (Å²) in [5.74, 6) is 1.08. The Morgan fingerprint density at radius 1 is 1.14 bits per heavy atom. The van der Waals surface area contributed by atoms with Crippen LogP contribution in [0.5, 0.6) is 5.75 Å². The first-order chi connectivity index (χ1) is 9.93. The molecule has 0 spiro atoms. The quantitative estimate of drug-likeness (QED) is 0.774. The van der Waals surface area contributed by atoms with Crippen LogP contribution >= 0.6 is 0 Å². The molecule has 1 rings (SSSR count). The van der Waals surface area contributed by atoms with Crippen LogP contribution in [0.4, 0.5) is 0 Å². The van der Waals surface area contributed by atoms with Crippen LogP contribution in [0.3, 0.4) is 0 Å². The second kappa shape index (κ2) is 8.67. The van der Waals surface area contributed by atoms with Crippen molar-refractivity contribution in [1.29, 1.82) is 0 Å². The van der Waals surface area contributed by atoms with Crippen LogP contribution in [-0.4, -0.2) is 25.1 Å². The Bertz CT molecular complexity index is 429. The van der Waals surface area contributed by atoms with E-state index in [1.165, 1.54) is 5.56 Å². The highest BCUT2D eigenvalue weighted by molar-refractivity contribution is 5.80. The lowest BCUT2D eigenvalue weighted by Crippen LogP contribution is -2.38. The molecular weight excluding hydrogens is 264 g/mol. The minimum absolute atomic E-state index is 0.0752. The lowest BCUT2D eigenvalue weighted by molar-refractivity contribution is -0.127. The van der Waals surface area contributed by atoms with Gasteiger partial charge in [0.1, 0.15) is 5.75 Å². The monoisotopic (exact) mass is 292 g/mol. The predicted molar refractivity (Wildman–Crippen MR) is 86.5 cm³/mol. The zero-order chi connectivity index (χ0) is 15.8. The molecule has 4 nitrogen and oxygen atoms in total. The number of carbonyl (C=O) groups is 1. The van der Waals surface area contributed by atoms with Gasteiger partial charge in [-0.3, -0.25) is 4.79 Å². The van der Waals surface area contributed by atoms with Gasteiger partial charge in [-0.15, -0.1) is 0 Å². The van der Waals surface area contributed by atoms with Crippen LogP contribution in [0.2, 0.25) is 0 Å². The summed E-state index contributed by atoms with van der Waals surface area (Å²) in [7, 11) is 0. The molecule has 0 aliphatic carbocycles. The number of hydrogen-bond acceptors (Lipinski definition) is 3. The van der Waals surface area contributed by atoms with E-state index >= 15 is 0 Å². The lowest BCUT2D eigenvalue weighted by atomic mass is 10.1. The topological polar surface area (TPSA) is 50.4 Å². The van der Waals surface area contributed by atoms with Gasteiger partial charge in [-0.2, -0.15) is 0 Å². The van der Waals surface area contributed by atoms with Crippen molar-refractivity contribution in [3.05, 3.63) is 29.8 Å². The summed E-state index contributed by atoms with van der Waals surface area (Å²) in [5, 5.41) is 6.24. The molecule has 1 aromatic carbocycles. The molecule has 2 unspecified atom stereocenters. The van der Waals surface area contributed by atoms with Crippen molar-refractivity contribution in [2.45, 2.75) is 46.8 Å². The summed E-state index contributed by atoms with van der Waals surface area (Å²) in [5.41, 5.74) is 1.21. The van der Waals surface area contributed by atoms with Crippen LogP contribution < -0.4 is 15.4 Å². The molecule has 2 atom stereocenters. The minimum Gasteiger partial charge on any atom is -0.481 e. The molecule has 21 heavy (non-hydrogen) atoms. The summed E-state index contributed by atoms with van der Waals surface area (Å²) in [6.07, 6.45) is -0.485. The zero-order valence-corrected chi connectivity index (χ0v) is 13.8. The molecule has 0 aliphatic heterocycles. The van der Waals surface area contributed by atoms with Crippen molar-refractivity contribution in [3.8, 4) is 5.75 Å². The molecule has 0 fully saturated rings. The number of hydrogen-bond donors (Lipinski definition) is 2. The number of carbonyl (C=O) groups excluding carboxylic acids is 1. The molecular formula is C17H28N2O2. The van der Waals surface area contributed by atoms with Crippen molar-refractivity contribution >= 4 is 5.91 Å². The Morgan fingerprint density at radius 2 is 1.76 bits per heavy atom. The van der Waals surface area contributed by atoms with E-state index in [4.69, 9.17) is 4.74 Å². The van der Waals surface area contributed by atoms with E-state index in [0.29, 0.717) is 18.5 Å². The van der Waals surface area contributed by atoms with Gasteiger partial charge in [0.05, 0.1) is 0 Å². The summed E-state index contributed by atoms with van der Waals surface area (Å²) < 4.78 is 5.67. The molecule has 0 saturated heterocycles. The maximum atomic E-state index is 11.9. The molecule has 0 radical (unpaired) electrons. The van der Waals surface area contributed by atoms with Crippen LogP contribution in [0.25, 0.3) is 0 Å². The van der Waals surface area contributed by atoms with E-state index in [9.17, 15) is 4.79 Å². The first-order valence-electron chi connectivity index (χ1n) is 7.71. The fourth-order valence-electron chi connectivity index (χ4n) is 1.97. The van der Waals surface area contributed by atoms with E-state index in [1.54, 1.807) is 6.92 Å². The Kier molecular flexibility index (Phi) is 7.23. The fourth-order valence-corrected chi connectivity index (χ4v) is 1.97. The third-order valence-electron chi connectivity index (χ3n) is 3.26. The van der Waals surface area contributed by atoms with Gasteiger partial charge in [-0.25, -0.2) is 0 Å². The van der Waals surface area contributed by atoms with Gasteiger partial charge in [0.2, 0.25) is 0 Å².